The van der Waals surface area contributed by atoms with E-state index >= 15 is 0 Å². The summed E-state index contributed by atoms with van der Waals surface area (Å²) in [7, 11) is 0. The topological polar surface area (TPSA) is 33.2 Å². The fourth-order valence-electron chi connectivity index (χ4n) is 2.12. The Morgan fingerprint density at radius 1 is 1.29 bits per heavy atom. The van der Waals surface area contributed by atoms with Crippen LogP contribution in [-0.4, -0.2) is 23.9 Å². The summed E-state index contributed by atoms with van der Waals surface area (Å²) in [5.41, 5.74) is 1.14. The molecule has 1 aromatic heterocycles. The molecule has 92 valence electrons. The second-order valence-corrected chi connectivity index (χ2v) is 5.61. The molecular weight excluding hydrogens is 212 g/mol. The monoisotopic (exact) mass is 232 g/mol. The molecule has 0 bridgehead atoms. The standard InChI is InChI=1S/C14H20N2O/c1-11(17)12-4-5-13(15-10-12)16-8-6-14(2,3)7-9-16/h4-5,10H,6-9H2,1-3H3. The normalized spacial score (nSPS) is 19.1. The largest absolute Gasteiger partial charge is 0.357 e. The first-order valence-electron chi connectivity index (χ1n) is 6.20. The number of nitrogens with zero attached hydrogens (tertiary/aromatic N) is 2. The molecule has 2 heterocycles. The minimum absolute atomic E-state index is 0.0730. The van der Waals surface area contributed by atoms with E-state index in [4.69, 9.17) is 0 Å². The van der Waals surface area contributed by atoms with Crippen molar-refractivity contribution in [3.05, 3.63) is 23.9 Å². The number of aromatic nitrogens is 1. The molecule has 3 nitrogen and oxygen atoms in total. The lowest BCUT2D eigenvalue weighted by Crippen LogP contribution is -2.37. The van der Waals surface area contributed by atoms with Crippen LogP contribution < -0.4 is 4.90 Å². The Kier molecular flexibility index (Phi) is 3.18. The van der Waals surface area contributed by atoms with Gasteiger partial charge in [-0.3, -0.25) is 4.79 Å². The van der Waals surface area contributed by atoms with Gasteiger partial charge in [0.05, 0.1) is 0 Å². The van der Waals surface area contributed by atoms with Crippen molar-refractivity contribution in [2.75, 3.05) is 18.0 Å². The van der Waals surface area contributed by atoms with Gasteiger partial charge in [-0.1, -0.05) is 13.8 Å². The molecule has 0 aliphatic carbocycles. The Hall–Kier alpha value is -1.38. The quantitative estimate of drug-likeness (QED) is 0.735. The maximum Gasteiger partial charge on any atom is 0.161 e. The molecule has 1 saturated heterocycles. The van der Waals surface area contributed by atoms with Gasteiger partial charge in [-0.2, -0.15) is 0 Å². The maximum atomic E-state index is 11.2. The van der Waals surface area contributed by atoms with E-state index in [0.29, 0.717) is 11.0 Å². The van der Waals surface area contributed by atoms with Crippen molar-refractivity contribution in [3.63, 3.8) is 0 Å². The molecule has 0 amide bonds. The number of ketones is 1. The first-order chi connectivity index (χ1) is 7.98. The van der Waals surface area contributed by atoms with Gasteiger partial charge < -0.3 is 4.90 Å². The van der Waals surface area contributed by atoms with E-state index < -0.39 is 0 Å². The van der Waals surface area contributed by atoms with Crippen LogP contribution in [0.4, 0.5) is 5.82 Å². The zero-order chi connectivity index (χ0) is 12.5. The number of carbonyl (C=O) groups excluding carboxylic acids is 1. The Morgan fingerprint density at radius 3 is 2.41 bits per heavy atom. The predicted molar refractivity (Wildman–Crippen MR) is 69.5 cm³/mol. The summed E-state index contributed by atoms with van der Waals surface area (Å²) in [4.78, 5) is 17.8. The van der Waals surface area contributed by atoms with Crippen molar-refractivity contribution in [2.45, 2.75) is 33.6 Å². The highest BCUT2D eigenvalue weighted by molar-refractivity contribution is 5.93. The summed E-state index contributed by atoms with van der Waals surface area (Å²) in [6.07, 6.45) is 4.07. The second kappa shape index (κ2) is 4.47. The predicted octanol–water partition coefficient (Wildman–Crippen LogP) is 2.91. The molecule has 1 aromatic rings. The number of carbonyl (C=O) groups is 1. The number of hydrogen-bond donors (Lipinski definition) is 0. The van der Waals surface area contributed by atoms with Crippen molar-refractivity contribution in [1.29, 1.82) is 0 Å². The third-order valence-electron chi connectivity index (χ3n) is 3.60. The SMILES string of the molecule is CC(=O)c1ccc(N2CCC(C)(C)CC2)nc1. The summed E-state index contributed by atoms with van der Waals surface area (Å²) in [5.74, 6) is 1.06. The molecule has 0 N–H and O–H groups in total. The Bertz CT molecular complexity index is 399. The van der Waals surface area contributed by atoms with Gasteiger partial charge in [-0.15, -0.1) is 0 Å². The Morgan fingerprint density at radius 2 is 1.94 bits per heavy atom. The van der Waals surface area contributed by atoms with E-state index in [9.17, 15) is 4.79 Å². The van der Waals surface area contributed by atoms with E-state index in [0.717, 1.165) is 18.9 Å². The molecular formula is C14H20N2O. The smallest absolute Gasteiger partial charge is 0.161 e. The van der Waals surface area contributed by atoms with E-state index in [-0.39, 0.29) is 5.78 Å². The van der Waals surface area contributed by atoms with Gasteiger partial charge in [0.25, 0.3) is 0 Å². The lowest BCUT2D eigenvalue weighted by Gasteiger charge is -2.37. The van der Waals surface area contributed by atoms with Gasteiger partial charge >= 0.3 is 0 Å². The van der Waals surface area contributed by atoms with Gasteiger partial charge in [-0.05, 0) is 37.3 Å². The summed E-state index contributed by atoms with van der Waals surface area (Å²) in [6, 6.07) is 3.82. The van der Waals surface area contributed by atoms with Crippen LogP contribution in [0, 0.1) is 5.41 Å². The first kappa shape index (κ1) is 12.1. The average molecular weight is 232 g/mol. The lowest BCUT2D eigenvalue weighted by atomic mass is 9.83. The highest BCUT2D eigenvalue weighted by atomic mass is 16.1. The molecule has 0 radical (unpaired) electrons. The van der Waals surface area contributed by atoms with Crippen LogP contribution in [0.3, 0.4) is 0 Å². The Balaban J connectivity index is 2.06. The molecule has 0 spiro atoms. The van der Waals surface area contributed by atoms with Gasteiger partial charge in [0.1, 0.15) is 5.82 Å². The highest BCUT2D eigenvalue weighted by Crippen LogP contribution is 2.31. The van der Waals surface area contributed by atoms with Gasteiger partial charge in [0, 0.05) is 24.8 Å². The second-order valence-electron chi connectivity index (χ2n) is 5.61. The van der Waals surface area contributed by atoms with Gasteiger partial charge in [-0.25, -0.2) is 4.98 Å². The highest BCUT2D eigenvalue weighted by Gasteiger charge is 2.25. The molecule has 1 aliphatic rings. The zero-order valence-electron chi connectivity index (χ0n) is 10.9. The summed E-state index contributed by atoms with van der Waals surface area (Å²) in [5, 5.41) is 0. The average Bonchev–Trinajstić information content (AvgIpc) is 2.29. The molecule has 1 aliphatic heterocycles. The lowest BCUT2D eigenvalue weighted by molar-refractivity contribution is 0.101. The molecule has 2 rings (SSSR count). The van der Waals surface area contributed by atoms with Crippen LogP contribution in [0.2, 0.25) is 0 Å². The Labute approximate surface area is 103 Å². The summed E-state index contributed by atoms with van der Waals surface area (Å²) < 4.78 is 0. The maximum absolute atomic E-state index is 11.2. The van der Waals surface area contributed by atoms with Crippen molar-refractivity contribution in [1.82, 2.24) is 4.98 Å². The van der Waals surface area contributed by atoms with E-state index in [1.807, 2.05) is 12.1 Å². The zero-order valence-corrected chi connectivity index (χ0v) is 10.9. The number of piperidine rings is 1. The summed E-state index contributed by atoms with van der Waals surface area (Å²) >= 11 is 0. The molecule has 1 fully saturated rings. The number of anilines is 1. The van der Waals surface area contributed by atoms with Crippen molar-refractivity contribution in [3.8, 4) is 0 Å². The molecule has 0 saturated carbocycles. The minimum atomic E-state index is 0.0730. The number of hydrogen-bond acceptors (Lipinski definition) is 3. The number of Topliss-reactive ketones (excluding diaryl/α,β-unsaturated/α-hetero) is 1. The van der Waals surface area contributed by atoms with Gasteiger partial charge in [0.2, 0.25) is 0 Å². The fourth-order valence-corrected chi connectivity index (χ4v) is 2.12. The van der Waals surface area contributed by atoms with Crippen LogP contribution in [0.15, 0.2) is 18.3 Å². The molecule has 3 heteroatoms. The first-order valence-corrected chi connectivity index (χ1v) is 6.20. The third kappa shape index (κ3) is 2.84. The third-order valence-corrected chi connectivity index (χ3v) is 3.60. The van der Waals surface area contributed by atoms with Crippen LogP contribution >= 0.6 is 0 Å². The van der Waals surface area contributed by atoms with Crippen LogP contribution in [0.1, 0.15) is 44.0 Å². The molecule has 0 atom stereocenters. The van der Waals surface area contributed by atoms with E-state index in [2.05, 4.69) is 23.7 Å². The van der Waals surface area contributed by atoms with Crippen molar-refractivity contribution >= 4 is 11.6 Å². The van der Waals surface area contributed by atoms with Gasteiger partial charge in [0.15, 0.2) is 5.78 Å². The van der Waals surface area contributed by atoms with Crippen molar-refractivity contribution < 1.29 is 4.79 Å². The van der Waals surface area contributed by atoms with Crippen LogP contribution in [0.5, 0.6) is 0 Å². The summed E-state index contributed by atoms with van der Waals surface area (Å²) in [6.45, 7) is 8.31. The number of pyridine rings is 1. The van der Waals surface area contributed by atoms with Crippen molar-refractivity contribution in [2.24, 2.45) is 5.41 Å². The molecule has 0 unspecified atom stereocenters. The van der Waals surface area contributed by atoms with E-state index in [1.54, 1.807) is 13.1 Å². The molecule has 0 aromatic carbocycles. The molecule has 17 heavy (non-hydrogen) atoms. The van der Waals surface area contributed by atoms with Crippen LogP contribution in [0.25, 0.3) is 0 Å². The fraction of sp³-hybridized carbons (Fsp3) is 0.571. The minimum Gasteiger partial charge on any atom is -0.357 e. The number of rotatable bonds is 2. The van der Waals surface area contributed by atoms with Crippen LogP contribution in [-0.2, 0) is 0 Å². The van der Waals surface area contributed by atoms with E-state index in [1.165, 1.54) is 12.8 Å².